The van der Waals surface area contributed by atoms with Crippen molar-refractivity contribution in [1.82, 2.24) is 0 Å². The molecule has 0 aliphatic carbocycles. The largest absolute Gasteiger partial charge is 0.493 e. The van der Waals surface area contributed by atoms with E-state index < -0.39 is 29.0 Å². The molecular formula is C17H14O7. The molecule has 0 unspecified atom stereocenters. The Morgan fingerprint density at radius 1 is 0.917 bits per heavy atom. The van der Waals surface area contributed by atoms with E-state index in [4.69, 9.17) is 19.7 Å². The summed E-state index contributed by atoms with van der Waals surface area (Å²) in [6.07, 6.45) is 0. The minimum absolute atomic E-state index is 0.0753. The van der Waals surface area contributed by atoms with Gasteiger partial charge in [0.2, 0.25) is 0 Å². The van der Waals surface area contributed by atoms with Crippen molar-refractivity contribution in [2.45, 2.75) is 6.92 Å². The third-order valence-corrected chi connectivity index (χ3v) is 3.07. The van der Waals surface area contributed by atoms with Gasteiger partial charge in [0.25, 0.3) is 0 Å². The highest BCUT2D eigenvalue weighted by Gasteiger charge is 2.19. The fraction of sp³-hybridized carbons (Fsp3) is 0.118. The molecule has 0 bridgehead atoms. The first-order valence-corrected chi connectivity index (χ1v) is 6.98. The van der Waals surface area contributed by atoms with Gasteiger partial charge in [0.05, 0.1) is 17.7 Å². The molecular weight excluding hydrogens is 316 g/mol. The van der Waals surface area contributed by atoms with E-state index in [0.29, 0.717) is 12.4 Å². The zero-order valence-electron chi connectivity index (χ0n) is 12.7. The van der Waals surface area contributed by atoms with Crippen molar-refractivity contribution in [2.75, 3.05) is 6.61 Å². The molecule has 2 aromatic rings. The maximum Gasteiger partial charge on any atom is 0.347 e. The minimum Gasteiger partial charge on any atom is -0.493 e. The van der Waals surface area contributed by atoms with Gasteiger partial charge in [-0.1, -0.05) is 12.1 Å². The number of para-hydroxylation sites is 1. The summed E-state index contributed by atoms with van der Waals surface area (Å²) in [4.78, 5) is 34.4. The highest BCUT2D eigenvalue weighted by Crippen LogP contribution is 2.23. The van der Waals surface area contributed by atoms with Gasteiger partial charge in [-0.2, -0.15) is 0 Å². The summed E-state index contributed by atoms with van der Waals surface area (Å²) >= 11 is 0. The van der Waals surface area contributed by atoms with Crippen LogP contribution in [0.15, 0.2) is 42.5 Å². The molecule has 0 atom stereocenters. The molecule has 24 heavy (non-hydrogen) atoms. The number of carboxylic acids is 2. The summed E-state index contributed by atoms with van der Waals surface area (Å²) in [6.45, 7) is 2.13. The van der Waals surface area contributed by atoms with Gasteiger partial charge >= 0.3 is 17.9 Å². The Hall–Kier alpha value is -3.35. The number of benzene rings is 2. The molecule has 2 rings (SSSR count). The van der Waals surface area contributed by atoms with Crippen LogP contribution in [-0.2, 0) is 0 Å². The number of rotatable bonds is 6. The number of carbonyl (C=O) groups is 3. The number of hydrogen-bond donors (Lipinski definition) is 2. The van der Waals surface area contributed by atoms with E-state index in [1.807, 2.05) is 0 Å². The van der Waals surface area contributed by atoms with Crippen molar-refractivity contribution in [1.29, 1.82) is 0 Å². The molecule has 0 fully saturated rings. The molecule has 7 heteroatoms. The molecule has 0 saturated heterocycles. The van der Waals surface area contributed by atoms with Gasteiger partial charge in [0, 0.05) is 0 Å². The fourth-order valence-electron chi connectivity index (χ4n) is 2.03. The predicted molar refractivity (Wildman–Crippen MR) is 82.9 cm³/mol. The van der Waals surface area contributed by atoms with Crippen molar-refractivity contribution in [2.24, 2.45) is 0 Å². The molecule has 0 aromatic heterocycles. The molecule has 0 radical (unpaired) electrons. The van der Waals surface area contributed by atoms with Crippen LogP contribution >= 0.6 is 0 Å². The first kappa shape index (κ1) is 17.0. The molecule has 124 valence electrons. The lowest BCUT2D eigenvalue weighted by Gasteiger charge is -2.10. The topological polar surface area (TPSA) is 110 Å². The summed E-state index contributed by atoms with van der Waals surface area (Å²) in [5, 5.41) is 18.1. The Bertz CT molecular complexity index is 795. The predicted octanol–water partition coefficient (Wildman–Crippen LogP) is 2.70. The lowest BCUT2D eigenvalue weighted by Crippen LogP contribution is -2.13. The normalized spacial score (nSPS) is 10.0. The Balaban J connectivity index is 2.31. The molecule has 0 spiro atoms. The zero-order chi connectivity index (χ0) is 17.7. The monoisotopic (exact) mass is 330 g/mol. The minimum atomic E-state index is -1.43. The summed E-state index contributed by atoms with van der Waals surface area (Å²) < 4.78 is 10.5. The average molecular weight is 330 g/mol. The standard InChI is InChI=1S/C17H14O7/c1-2-23-14-6-4-3-5-12(14)17(22)24-10-7-8-11(15(18)19)13(9-10)16(20)21/h3-9H,2H2,1H3,(H,18,19)(H,20,21). The first-order valence-electron chi connectivity index (χ1n) is 6.98. The van der Waals surface area contributed by atoms with Crippen LogP contribution in [0.2, 0.25) is 0 Å². The van der Waals surface area contributed by atoms with Gasteiger partial charge in [0.1, 0.15) is 17.1 Å². The lowest BCUT2D eigenvalue weighted by atomic mass is 10.1. The lowest BCUT2D eigenvalue weighted by molar-refractivity contribution is 0.0649. The van der Waals surface area contributed by atoms with E-state index in [-0.39, 0.29) is 11.3 Å². The van der Waals surface area contributed by atoms with Crippen LogP contribution in [0.1, 0.15) is 38.0 Å². The molecule has 0 amide bonds. The average Bonchev–Trinajstić information content (AvgIpc) is 2.55. The number of carbonyl (C=O) groups excluding carboxylic acids is 1. The quantitative estimate of drug-likeness (QED) is 0.619. The molecule has 0 heterocycles. The van der Waals surface area contributed by atoms with Crippen molar-refractivity contribution < 1.29 is 34.1 Å². The Kier molecular flexibility index (Phi) is 5.16. The SMILES string of the molecule is CCOc1ccccc1C(=O)Oc1ccc(C(=O)O)c(C(=O)O)c1. The van der Waals surface area contributed by atoms with Crippen LogP contribution in [0.3, 0.4) is 0 Å². The number of hydrogen-bond acceptors (Lipinski definition) is 5. The van der Waals surface area contributed by atoms with Crippen LogP contribution in [-0.4, -0.2) is 34.7 Å². The smallest absolute Gasteiger partial charge is 0.347 e. The van der Waals surface area contributed by atoms with Crippen LogP contribution < -0.4 is 9.47 Å². The van der Waals surface area contributed by atoms with Gasteiger partial charge < -0.3 is 19.7 Å². The highest BCUT2D eigenvalue weighted by atomic mass is 16.5. The van der Waals surface area contributed by atoms with Crippen molar-refractivity contribution >= 4 is 17.9 Å². The van der Waals surface area contributed by atoms with Crippen LogP contribution in [0, 0.1) is 0 Å². The van der Waals surface area contributed by atoms with Crippen molar-refractivity contribution in [3.05, 3.63) is 59.2 Å². The molecule has 0 aliphatic rings. The number of carboxylic acid groups (broad SMARTS) is 2. The van der Waals surface area contributed by atoms with Gasteiger partial charge in [-0.3, -0.25) is 0 Å². The second kappa shape index (κ2) is 7.28. The van der Waals surface area contributed by atoms with E-state index >= 15 is 0 Å². The second-order valence-corrected chi connectivity index (χ2v) is 4.64. The van der Waals surface area contributed by atoms with Crippen LogP contribution in [0.25, 0.3) is 0 Å². The molecule has 2 N–H and O–H groups in total. The Morgan fingerprint density at radius 3 is 2.21 bits per heavy atom. The second-order valence-electron chi connectivity index (χ2n) is 4.64. The Labute approximate surface area is 137 Å². The highest BCUT2D eigenvalue weighted by molar-refractivity contribution is 6.02. The maximum atomic E-state index is 12.2. The molecule has 2 aromatic carbocycles. The summed E-state index contributed by atoms with van der Waals surface area (Å²) in [5.41, 5.74) is -0.679. The number of ether oxygens (including phenoxy) is 2. The van der Waals surface area contributed by atoms with Crippen molar-refractivity contribution in [3.8, 4) is 11.5 Å². The summed E-state index contributed by atoms with van der Waals surface area (Å²) in [7, 11) is 0. The van der Waals surface area contributed by atoms with Gasteiger partial charge in [-0.25, -0.2) is 14.4 Å². The summed E-state index contributed by atoms with van der Waals surface area (Å²) in [6, 6.07) is 9.74. The third kappa shape index (κ3) is 3.70. The van der Waals surface area contributed by atoms with E-state index in [2.05, 4.69) is 0 Å². The Morgan fingerprint density at radius 2 is 1.58 bits per heavy atom. The van der Waals surface area contributed by atoms with E-state index in [9.17, 15) is 14.4 Å². The molecule has 7 nitrogen and oxygen atoms in total. The summed E-state index contributed by atoms with van der Waals surface area (Å²) in [5.74, 6) is -3.29. The van der Waals surface area contributed by atoms with E-state index in [0.717, 1.165) is 12.1 Å². The number of esters is 1. The maximum absolute atomic E-state index is 12.2. The first-order chi connectivity index (χ1) is 11.4. The van der Waals surface area contributed by atoms with Crippen LogP contribution in [0.4, 0.5) is 0 Å². The molecule has 0 aliphatic heterocycles. The van der Waals surface area contributed by atoms with E-state index in [1.54, 1.807) is 25.1 Å². The fourth-order valence-corrected chi connectivity index (χ4v) is 2.03. The third-order valence-electron chi connectivity index (χ3n) is 3.07. The van der Waals surface area contributed by atoms with Gasteiger partial charge in [-0.15, -0.1) is 0 Å². The van der Waals surface area contributed by atoms with E-state index in [1.165, 1.54) is 12.1 Å². The van der Waals surface area contributed by atoms with Crippen molar-refractivity contribution in [3.63, 3.8) is 0 Å². The van der Waals surface area contributed by atoms with Crippen LogP contribution in [0.5, 0.6) is 11.5 Å². The zero-order valence-corrected chi connectivity index (χ0v) is 12.7. The van der Waals surface area contributed by atoms with Gasteiger partial charge in [-0.05, 0) is 37.3 Å². The molecule has 0 saturated carbocycles. The van der Waals surface area contributed by atoms with Gasteiger partial charge in [0.15, 0.2) is 0 Å². The number of aromatic carboxylic acids is 2.